The van der Waals surface area contributed by atoms with Crippen LogP contribution in [0.25, 0.3) is 0 Å². The summed E-state index contributed by atoms with van der Waals surface area (Å²) in [5.41, 5.74) is 8.34. The monoisotopic (exact) mass is 508 g/mol. The van der Waals surface area contributed by atoms with Gasteiger partial charge in [-0.25, -0.2) is 0 Å². The van der Waals surface area contributed by atoms with Gasteiger partial charge in [0.1, 0.15) is 11.4 Å². The summed E-state index contributed by atoms with van der Waals surface area (Å²) in [6.45, 7) is 12.7. The van der Waals surface area contributed by atoms with Crippen LogP contribution in [0.2, 0.25) is 0 Å². The van der Waals surface area contributed by atoms with E-state index in [-0.39, 0.29) is 11.5 Å². The quantitative estimate of drug-likeness (QED) is 0.0895. The van der Waals surface area contributed by atoms with Gasteiger partial charge in [0.2, 0.25) is 0 Å². The lowest BCUT2D eigenvalue weighted by atomic mass is 9.99. The van der Waals surface area contributed by atoms with Crippen LogP contribution < -0.4 is 21.7 Å². The molecule has 11 heteroatoms. The van der Waals surface area contributed by atoms with Crippen molar-refractivity contribution in [3.8, 4) is 0 Å². The van der Waals surface area contributed by atoms with Crippen molar-refractivity contribution < 1.29 is 4.74 Å². The lowest BCUT2D eigenvalue weighted by Gasteiger charge is -2.33. The van der Waals surface area contributed by atoms with Crippen LogP contribution in [0.15, 0.2) is 44.7 Å². The number of amidine groups is 2. The molecule has 1 rings (SSSR count). The van der Waals surface area contributed by atoms with Gasteiger partial charge in [-0.05, 0) is 52.2 Å². The smallest absolute Gasteiger partial charge is 0.179 e. The Balaban J connectivity index is 3.03. The van der Waals surface area contributed by atoms with E-state index < -0.39 is 5.72 Å². The first-order valence-corrected chi connectivity index (χ1v) is 12.0. The number of benzene rings is 1. The van der Waals surface area contributed by atoms with Crippen molar-refractivity contribution in [3.05, 3.63) is 29.8 Å². The number of nitrogens with zero attached hydrogens (tertiary/aromatic N) is 4. The van der Waals surface area contributed by atoms with Gasteiger partial charge in [-0.1, -0.05) is 26.0 Å². The zero-order valence-corrected chi connectivity index (χ0v) is 23.3. The predicted octanol–water partition coefficient (Wildman–Crippen LogP) is 3.71. The molecule has 1 aromatic carbocycles. The average Bonchev–Trinajstić information content (AvgIpc) is 2.77. The van der Waals surface area contributed by atoms with Gasteiger partial charge in [-0.3, -0.25) is 0 Å². The van der Waals surface area contributed by atoms with Crippen LogP contribution in [0, 0.1) is 5.92 Å². The van der Waals surface area contributed by atoms with E-state index in [0.29, 0.717) is 28.4 Å². The zero-order chi connectivity index (χ0) is 25.9. The molecule has 0 aliphatic carbocycles. The summed E-state index contributed by atoms with van der Waals surface area (Å²) < 4.78 is 5.91. The first kappa shape index (κ1) is 30.0. The van der Waals surface area contributed by atoms with Crippen LogP contribution in [0.3, 0.4) is 0 Å². The maximum absolute atomic E-state index is 6.21. The van der Waals surface area contributed by atoms with Crippen LogP contribution >= 0.6 is 25.3 Å². The molecule has 9 nitrogen and oxygen atoms in total. The lowest BCUT2D eigenvalue weighted by Crippen LogP contribution is -2.45. The maximum atomic E-state index is 6.21. The van der Waals surface area contributed by atoms with Gasteiger partial charge in [0.25, 0.3) is 0 Å². The van der Waals surface area contributed by atoms with Gasteiger partial charge in [0.15, 0.2) is 10.3 Å². The Morgan fingerprint density at radius 3 is 2.00 bits per heavy atom. The van der Waals surface area contributed by atoms with Gasteiger partial charge >= 0.3 is 0 Å². The zero-order valence-electron chi connectivity index (χ0n) is 21.5. The summed E-state index contributed by atoms with van der Waals surface area (Å²) in [7, 11) is 3.44. The molecule has 34 heavy (non-hydrogen) atoms. The summed E-state index contributed by atoms with van der Waals surface area (Å²) in [5, 5.41) is 26.6. The van der Waals surface area contributed by atoms with Gasteiger partial charge in [0.05, 0.1) is 12.3 Å². The number of ether oxygens (including phenoxy) is 1. The van der Waals surface area contributed by atoms with Crippen LogP contribution in [0.1, 0.15) is 53.5 Å². The van der Waals surface area contributed by atoms with E-state index in [1.165, 1.54) is 0 Å². The van der Waals surface area contributed by atoms with Crippen LogP contribution in [0.5, 0.6) is 0 Å². The Hall–Kier alpha value is -2.08. The number of rotatable bonds is 11. The average molecular weight is 509 g/mol. The topological polar surface area (TPSA) is 121 Å². The van der Waals surface area contributed by atoms with Gasteiger partial charge in [-0.2, -0.15) is 5.10 Å². The third-order valence-electron chi connectivity index (χ3n) is 5.26. The Bertz CT molecular complexity index is 906. The number of thiol groups is 2. The molecular formula is C23H40N8OS2. The standard InChI is InChI=1S/C23H40N8OS2/c1-15(2)23(6,24)32-14-13-22(4,5)27-18-11-9-17(10-12-18)19(29-31-21(34)26-8)16(3)28-30-20(33)25-7/h9-12,15,27H,13-14,24H2,1-8H3,(H2,25,30,33)(H2,26,31,34)/b28-16+,29-19-. The molecule has 0 amide bonds. The minimum Gasteiger partial charge on any atom is -0.380 e. The van der Waals surface area contributed by atoms with E-state index in [2.05, 4.69) is 89.3 Å². The Kier molecular flexibility index (Phi) is 12.1. The fraction of sp³-hybridized carbons (Fsp3) is 0.565. The number of hydrogen-bond donors (Lipinski definition) is 6. The molecule has 0 saturated heterocycles. The Morgan fingerprint density at radius 2 is 1.50 bits per heavy atom. The van der Waals surface area contributed by atoms with Crippen LogP contribution in [0.4, 0.5) is 5.69 Å². The molecule has 0 bridgehead atoms. The maximum Gasteiger partial charge on any atom is 0.179 e. The molecule has 0 saturated carbocycles. The number of anilines is 1. The molecule has 0 aliphatic rings. The van der Waals surface area contributed by atoms with Gasteiger partial charge < -0.3 is 26.4 Å². The fourth-order valence-electron chi connectivity index (χ4n) is 2.56. The predicted molar refractivity (Wildman–Crippen MR) is 153 cm³/mol. The van der Waals surface area contributed by atoms with Gasteiger partial charge in [-0.15, -0.1) is 40.6 Å². The summed E-state index contributed by atoms with van der Waals surface area (Å²) in [6.07, 6.45) is 0.797. The highest BCUT2D eigenvalue weighted by Crippen LogP contribution is 2.21. The van der Waals surface area contributed by atoms with Crippen molar-refractivity contribution >= 4 is 52.7 Å². The SMILES string of the molecule is CN/C(S)=N/N=C(C)/C(=N/N=C(\S)NC)c1ccc(NC(C)(C)CCOC(C)(N)C(C)C)cc1. The molecule has 0 aromatic heterocycles. The van der Waals surface area contributed by atoms with E-state index in [1.807, 2.05) is 38.1 Å². The minimum atomic E-state index is -0.638. The third kappa shape index (κ3) is 10.5. The highest BCUT2D eigenvalue weighted by molar-refractivity contribution is 7.97. The highest BCUT2D eigenvalue weighted by Gasteiger charge is 2.25. The molecule has 190 valence electrons. The molecule has 5 N–H and O–H groups in total. The second kappa shape index (κ2) is 13.7. The summed E-state index contributed by atoms with van der Waals surface area (Å²) >= 11 is 8.40. The highest BCUT2D eigenvalue weighted by atomic mass is 32.1. The molecule has 1 aromatic rings. The van der Waals surface area contributed by atoms with E-state index in [9.17, 15) is 0 Å². The van der Waals surface area contributed by atoms with Crippen molar-refractivity contribution in [2.24, 2.45) is 32.1 Å². The molecule has 0 heterocycles. The van der Waals surface area contributed by atoms with Crippen molar-refractivity contribution in [1.82, 2.24) is 10.6 Å². The minimum absolute atomic E-state index is 0.189. The molecule has 0 aliphatic heterocycles. The second-order valence-corrected chi connectivity index (χ2v) is 9.85. The van der Waals surface area contributed by atoms with Crippen molar-refractivity contribution in [1.29, 1.82) is 0 Å². The first-order chi connectivity index (χ1) is 15.8. The Labute approximate surface area is 215 Å². The Morgan fingerprint density at radius 1 is 0.971 bits per heavy atom. The summed E-state index contributed by atoms with van der Waals surface area (Å²) in [6, 6.07) is 7.90. The lowest BCUT2D eigenvalue weighted by molar-refractivity contribution is -0.0637. The molecular weight excluding hydrogens is 468 g/mol. The van der Waals surface area contributed by atoms with Crippen molar-refractivity contribution in [3.63, 3.8) is 0 Å². The number of nitrogens with one attached hydrogen (secondary N) is 3. The van der Waals surface area contributed by atoms with E-state index in [1.54, 1.807) is 14.1 Å². The molecule has 0 radical (unpaired) electrons. The molecule has 0 fully saturated rings. The van der Waals surface area contributed by atoms with E-state index >= 15 is 0 Å². The first-order valence-electron chi connectivity index (χ1n) is 11.1. The molecule has 1 atom stereocenters. The van der Waals surface area contributed by atoms with E-state index in [0.717, 1.165) is 17.7 Å². The van der Waals surface area contributed by atoms with Crippen molar-refractivity contribution in [2.75, 3.05) is 26.0 Å². The largest absolute Gasteiger partial charge is 0.380 e. The second-order valence-electron chi connectivity index (χ2n) is 9.00. The summed E-state index contributed by atoms with van der Waals surface area (Å²) in [5.74, 6) is 0.235. The molecule has 0 spiro atoms. The van der Waals surface area contributed by atoms with Gasteiger partial charge in [0, 0.05) is 30.9 Å². The normalized spacial score (nSPS) is 15.9. The van der Waals surface area contributed by atoms with E-state index in [4.69, 9.17) is 10.5 Å². The molecule has 1 unspecified atom stereocenters. The van der Waals surface area contributed by atoms with Crippen LogP contribution in [-0.2, 0) is 4.74 Å². The van der Waals surface area contributed by atoms with Crippen LogP contribution in [-0.4, -0.2) is 53.7 Å². The van der Waals surface area contributed by atoms with Crippen molar-refractivity contribution in [2.45, 2.75) is 59.2 Å². The number of hydrogen-bond acceptors (Lipinski definition) is 7. The summed E-state index contributed by atoms with van der Waals surface area (Å²) in [4.78, 5) is 0. The third-order valence-corrected chi connectivity index (χ3v) is 5.88. The fourth-order valence-corrected chi connectivity index (χ4v) is 2.65. The number of nitrogens with two attached hydrogens (primary N) is 1.